The summed E-state index contributed by atoms with van der Waals surface area (Å²) in [7, 11) is 0. The molecule has 0 amide bonds. The van der Waals surface area contributed by atoms with E-state index in [2.05, 4.69) is 0 Å². The molecule has 216 valence electrons. The summed E-state index contributed by atoms with van der Waals surface area (Å²) in [5.74, 6) is -2.79. The van der Waals surface area contributed by atoms with Crippen LogP contribution in [0.25, 0.3) is 0 Å². The van der Waals surface area contributed by atoms with Crippen LogP contribution in [0.3, 0.4) is 0 Å². The number of hydrogen-bond donors (Lipinski definition) is 4. The van der Waals surface area contributed by atoms with Crippen LogP contribution in [-0.4, -0.2) is 87.0 Å². The van der Waals surface area contributed by atoms with Gasteiger partial charge in [-0.3, -0.25) is 0 Å². The van der Waals surface area contributed by atoms with Crippen molar-refractivity contribution in [2.24, 2.45) is 28.6 Å². The Bertz CT molecular complexity index is 1110. The molecule has 2 saturated heterocycles. The van der Waals surface area contributed by atoms with E-state index in [1.54, 1.807) is 0 Å². The van der Waals surface area contributed by atoms with E-state index < -0.39 is 52.3 Å². The molecule has 0 aromatic carbocycles. The minimum atomic E-state index is -2.00. The monoisotopic (exact) mass is 548 g/mol. The van der Waals surface area contributed by atoms with Gasteiger partial charge in [0.1, 0.15) is 19.0 Å². The Balaban J connectivity index is 1.20. The molecule has 0 unspecified atom stereocenters. The second-order valence-corrected chi connectivity index (χ2v) is 13.7. The molecule has 7 rings (SSSR count). The third-order valence-corrected chi connectivity index (χ3v) is 12.3. The van der Waals surface area contributed by atoms with Gasteiger partial charge >= 0.3 is 5.97 Å². The Hall–Kier alpha value is -1.40. The van der Waals surface area contributed by atoms with Crippen LogP contribution in [0.1, 0.15) is 71.6 Å². The van der Waals surface area contributed by atoms with E-state index in [1.165, 1.54) is 6.08 Å². The van der Waals surface area contributed by atoms with Crippen LogP contribution in [0.5, 0.6) is 0 Å². The van der Waals surface area contributed by atoms with E-state index in [-0.39, 0.29) is 43.0 Å². The summed E-state index contributed by atoms with van der Waals surface area (Å²) in [5, 5.41) is 46.4. The zero-order valence-electron chi connectivity index (χ0n) is 22.6. The van der Waals surface area contributed by atoms with Gasteiger partial charge in [0.05, 0.1) is 29.5 Å². The zero-order chi connectivity index (χ0) is 27.6. The molecule has 10 heteroatoms. The van der Waals surface area contributed by atoms with E-state index in [0.717, 1.165) is 19.1 Å². The molecule has 0 spiro atoms. The summed E-state index contributed by atoms with van der Waals surface area (Å²) in [4.78, 5) is 25.0. The molecule has 0 bridgehead atoms. The van der Waals surface area contributed by atoms with Crippen molar-refractivity contribution in [2.75, 3.05) is 6.61 Å². The van der Waals surface area contributed by atoms with E-state index in [1.807, 2.05) is 13.8 Å². The summed E-state index contributed by atoms with van der Waals surface area (Å²) in [6.07, 6.45) is 3.29. The number of fused-ring (bicyclic) bond motifs is 7. The molecular weight excluding hydrogens is 508 g/mol. The highest BCUT2D eigenvalue weighted by Crippen LogP contribution is 2.71. The van der Waals surface area contributed by atoms with Crippen LogP contribution >= 0.6 is 0 Å². The number of esters is 1. The van der Waals surface area contributed by atoms with Gasteiger partial charge in [0.15, 0.2) is 0 Å². The van der Waals surface area contributed by atoms with E-state index in [0.29, 0.717) is 44.1 Å². The molecule has 4 N–H and O–H groups in total. The lowest BCUT2D eigenvalue weighted by Gasteiger charge is -2.65. The third-order valence-electron chi connectivity index (χ3n) is 12.3. The van der Waals surface area contributed by atoms with E-state index >= 15 is 0 Å². The maximum absolute atomic E-state index is 13.1. The van der Waals surface area contributed by atoms with Gasteiger partial charge in [0, 0.05) is 28.9 Å². The quantitative estimate of drug-likeness (QED) is 0.224. The highest BCUT2D eigenvalue weighted by Gasteiger charge is 2.74. The number of aliphatic hydroxyl groups is 4. The molecule has 0 aromatic rings. The van der Waals surface area contributed by atoms with Gasteiger partial charge in [-0.15, -0.1) is 0 Å². The van der Waals surface area contributed by atoms with Gasteiger partial charge in [-0.05, 0) is 76.0 Å². The van der Waals surface area contributed by atoms with E-state index in [9.17, 15) is 30.0 Å². The number of cyclic esters (lactones) is 1. The molecule has 13 atom stereocenters. The second kappa shape index (κ2) is 8.33. The normalized spacial score (nSPS) is 58.2. The fraction of sp³-hybridized carbons (Fsp3) is 0.862. The Kier molecular flexibility index (Phi) is 5.66. The second-order valence-electron chi connectivity index (χ2n) is 13.7. The summed E-state index contributed by atoms with van der Waals surface area (Å²) in [6.45, 7) is 3.78. The minimum absolute atomic E-state index is 0.0232. The highest BCUT2D eigenvalue weighted by molar-refractivity contribution is 5.86. The largest absolute Gasteiger partial charge is 0.458 e. The lowest BCUT2D eigenvalue weighted by Crippen LogP contribution is -2.71. The zero-order valence-corrected chi connectivity index (χ0v) is 22.6. The van der Waals surface area contributed by atoms with Gasteiger partial charge in [0.2, 0.25) is 12.1 Å². The van der Waals surface area contributed by atoms with Crippen molar-refractivity contribution in [3.05, 3.63) is 11.6 Å². The maximum Gasteiger partial charge on any atom is 0.331 e. The van der Waals surface area contributed by atoms with Gasteiger partial charge in [-0.25, -0.2) is 4.79 Å². The molecule has 7 aliphatic rings. The number of hydrogen-bond acceptors (Lipinski definition) is 10. The standard InChI is InChI=1S/C29H40O10/c1-15-9-22(31)29(35)24(37-15)38-20-10-16-3-4-19-18(26(16,14-30)12-21(20)39-29)5-6-25(2)27(33,7-8-28(19,25)34)17-11-23(32)36-13-17/h11,14-16,18-22,24,31,33-35H,3-10,12-13H2,1-2H3/t15-,16+,18+,19-,20-,21-,22-,24-,25-,26-,27+,28+,29+/m1/s1. The minimum Gasteiger partial charge on any atom is -0.458 e. The molecule has 0 radical (unpaired) electrons. The van der Waals surface area contributed by atoms with Gasteiger partial charge < -0.3 is 44.2 Å². The predicted octanol–water partition coefficient (Wildman–Crippen LogP) is 1.12. The topological polar surface area (TPSA) is 152 Å². The van der Waals surface area contributed by atoms with Crippen LogP contribution in [0.4, 0.5) is 0 Å². The molecule has 39 heavy (non-hydrogen) atoms. The molecule has 4 saturated carbocycles. The smallest absolute Gasteiger partial charge is 0.331 e. The van der Waals surface area contributed by atoms with Crippen molar-refractivity contribution in [3.8, 4) is 0 Å². The van der Waals surface area contributed by atoms with Crippen molar-refractivity contribution in [3.63, 3.8) is 0 Å². The number of rotatable bonds is 2. The Morgan fingerprint density at radius 2 is 1.79 bits per heavy atom. The van der Waals surface area contributed by atoms with Gasteiger partial charge in [-0.1, -0.05) is 6.92 Å². The first-order chi connectivity index (χ1) is 18.4. The number of ether oxygens (including phenoxy) is 4. The average Bonchev–Trinajstić information content (AvgIpc) is 3.42. The first-order valence-electron chi connectivity index (χ1n) is 14.6. The number of aliphatic hydroxyl groups excluding tert-OH is 1. The first kappa shape index (κ1) is 26.5. The Labute approximate surface area is 227 Å². The SMILES string of the molecule is C[C@@H]1C[C@@H](O)[C@]2(O)O[C@@H]3C[C@@]4(C=O)[C@@H](CC[C@@H]5[C@@H]4CC[C@]4(C)[C@@](O)(C6=CC(=O)OC6)CC[C@]54O)C[C@H]3O[C@H]2O1. The van der Waals surface area contributed by atoms with Crippen LogP contribution < -0.4 is 0 Å². The number of aldehydes is 1. The summed E-state index contributed by atoms with van der Waals surface area (Å²) in [6, 6.07) is 0. The highest BCUT2D eigenvalue weighted by atomic mass is 16.8. The predicted molar refractivity (Wildman–Crippen MR) is 133 cm³/mol. The van der Waals surface area contributed by atoms with Crippen molar-refractivity contribution in [1.82, 2.24) is 0 Å². The molecule has 4 aliphatic carbocycles. The van der Waals surface area contributed by atoms with Crippen molar-refractivity contribution in [1.29, 1.82) is 0 Å². The molecule has 3 heterocycles. The Morgan fingerprint density at radius 3 is 2.51 bits per heavy atom. The van der Waals surface area contributed by atoms with Gasteiger partial charge in [0.25, 0.3) is 0 Å². The molecule has 0 aromatic heterocycles. The average molecular weight is 549 g/mol. The fourth-order valence-electron chi connectivity index (χ4n) is 10.2. The van der Waals surface area contributed by atoms with Crippen molar-refractivity contribution >= 4 is 12.3 Å². The first-order valence-corrected chi connectivity index (χ1v) is 14.6. The summed E-state index contributed by atoms with van der Waals surface area (Å²) in [5.41, 5.74) is -3.71. The summed E-state index contributed by atoms with van der Waals surface area (Å²) >= 11 is 0. The Morgan fingerprint density at radius 1 is 1.00 bits per heavy atom. The molecular formula is C29H40O10. The third kappa shape index (κ3) is 3.22. The van der Waals surface area contributed by atoms with Crippen LogP contribution in [0.2, 0.25) is 0 Å². The summed E-state index contributed by atoms with van der Waals surface area (Å²) < 4.78 is 23.3. The van der Waals surface area contributed by atoms with Gasteiger partial charge in [-0.2, -0.15) is 0 Å². The lowest BCUT2D eigenvalue weighted by molar-refractivity contribution is -0.457. The molecule has 6 fully saturated rings. The fourth-order valence-corrected chi connectivity index (χ4v) is 10.2. The molecule has 3 aliphatic heterocycles. The number of carbonyl (C=O) groups is 2. The van der Waals surface area contributed by atoms with Crippen LogP contribution in [0.15, 0.2) is 11.6 Å². The lowest BCUT2D eigenvalue weighted by atomic mass is 9.42. The maximum atomic E-state index is 13.1. The van der Waals surface area contributed by atoms with Crippen molar-refractivity contribution in [2.45, 2.75) is 119 Å². The number of carbonyl (C=O) groups excluding carboxylic acids is 2. The van der Waals surface area contributed by atoms with Crippen LogP contribution in [0, 0.1) is 28.6 Å². The van der Waals surface area contributed by atoms with E-state index in [4.69, 9.17) is 18.9 Å². The van der Waals surface area contributed by atoms with Crippen LogP contribution in [-0.2, 0) is 28.5 Å². The molecule has 10 nitrogen and oxygen atoms in total. The van der Waals surface area contributed by atoms with Crippen molar-refractivity contribution < 1.29 is 49.0 Å².